The fourth-order valence-corrected chi connectivity index (χ4v) is 5.10. The molecule has 38 heavy (non-hydrogen) atoms. The lowest BCUT2D eigenvalue weighted by Gasteiger charge is -2.25. The van der Waals surface area contributed by atoms with Gasteiger partial charge in [-0.25, -0.2) is 8.78 Å². The Balaban J connectivity index is 1.22. The van der Waals surface area contributed by atoms with E-state index in [1.165, 1.54) is 30.3 Å². The van der Waals surface area contributed by atoms with Crippen molar-refractivity contribution in [3.05, 3.63) is 77.3 Å². The fourth-order valence-electron chi connectivity index (χ4n) is 3.99. The maximum atomic E-state index is 14.9. The van der Waals surface area contributed by atoms with E-state index in [0.29, 0.717) is 19.0 Å². The summed E-state index contributed by atoms with van der Waals surface area (Å²) in [6, 6.07) is 13.3. The van der Waals surface area contributed by atoms with Crippen molar-refractivity contribution in [2.75, 3.05) is 36.9 Å². The van der Waals surface area contributed by atoms with Gasteiger partial charge in [-0.2, -0.15) is 0 Å². The largest absolute Gasteiger partial charge is 0.453 e. The van der Waals surface area contributed by atoms with Gasteiger partial charge in [-0.05, 0) is 30.3 Å². The summed E-state index contributed by atoms with van der Waals surface area (Å²) < 4.78 is 40.6. The minimum absolute atomic E-state index is 0.0177. The molecule has 5 rings (SSSR count). The van der Waals surface area contributed by atoms with Crippen molar-refractivity contribution < 1.29 is 27.8 Å². The number of anilines is 2. The number of halogens is 2. The zero-order chi connectivity index (χ0) is 26.5. The molecule has 8 nitrogen and oxygen atoms in total. The zero-order valence-corrected chi connectivity index (χ0v) is 21.0. The van der Waals surface area contributed by atoms with Crippen molar-refractivity contribution in [3.8, 4) is 11.5 Å². The predicted molar refractivity (Wildman–Crippen MR) is 140 cm³/mol. The van der Waals surface area contributed by atoms with Crippen LogP contribution in [0.25, 0.3) is 10.2 Å². The molecule has 2 aromatic carbocycles. The van der Waals surface area contributed by atoms with Crippen LogP contribution in [0.5, 0.6) is 11.5 Å². The topological polar surface area (TPSA) is 92.8 Å². The van der Waals surface area contributed by atoms with Gasteiger partial charge in [-0.15, -0.1) is 11.3 Å². The van der Waals surface area contributed by atoms with Gasteiger partial charge in [0.15, 0.2) is 11.6 Å². The van der Waals surface area contributed by atoms with Crippen LogP contribution in [-0.2, 0) is 20.9 Å². The van der Waals surface area contributed by atoms with Gasteiger partial charge >= 0.3 is 0 Å². The maximum absolute atomic E-state index is 14.9. The summed E-state index contributed by atoms with van der Waals surface area (Å²) in [5, 5.41) is 4.80. The van der Waals surface area contributed by atoms with E-state index in [-0.39, 0.29) is 17.1 Å². The molecule has 0 spiro atoms. The van der Waals surface area contributed by atoms with E-state index >= 15 is 0 Å². The van der Waals surface area contributed by atoms with Crippen LogP contribution in [0, 0.1) is 11.6 Å². The lowest BCUT2D eigenvalue weighted by atomic mass is 10.2. The van der Waals surface area contributed by atoms with Crippen LogP contribution < -0.4 is 15.4 Å². The van der Waals surface area contributed by atoms with E-state index in [1.54, 1.807) is 29.7 Å². The Labute approximate surface area is 221 Å². The smallest absolute Gasteiger partial charge is 0.233 e. The average molecular weight is 539 g/mol. The number of pyridine rings is 1. The van der Waals surface area contributed by atoms with Crippen molar-refractivity contribution in [2.24, 2.45) is 0 Å². The highest BCUT2D eigenvalue weighted by atomic mass is 32.1. The van der Waals surface area contributed by atoms with E-state index in [9.17, 15) is 18.4 Å². The predicted octanol–water partition coefficient (Wildman–Crippen LogP) is 5.17. The molecular formula is C27H24F2N4O4S. The van der Waals surface area contributed by atoms with Gasteiger partial charge in [0.05, 0.1) is 29.1 Å². The molecule has 2 aromatic heterocycles. The number of nitrogens with one attached hydrogen (secondary N) is 2. The maximum Gasteiger partial charge on any atom is 0.233 e. The quantitative estimate of drug-likeness (QED) is 0.301. The molecule has 4 aromatic rings. The summed E-state index contributed by atoms with van der Waals surface area (Å²) >= 11 is 1.55. The number of ether oxygens (including phenoxy) is 2. The molecule has 0 saturated carbocycles. The Morgan fingerprint density at radius 2 is 1.76 bits per heavy atom. The molecule has 0 atom stereocenters. The van der Waals surface area contributed by atoms with E-state index in [4.69, 9.17) is 9.47 Å². The van der Waals surface area contributed by atoms with Gasteiger partial charge in [0.2, 0.25) is 11.8 Å². The molecule has 0 radical (unpaired) electrons. The standard InChI is InChI=1S/C27H24F2N4O4S/c28-19-3-1-2-4-21(19)32-26(35)15-25(34)31-17-5-6-23(20(29)13-17)37-24-7-8-30-22-14-18(38-27(22)24)16-33-9-11-36-12-10-33/h1-8,13-14H,9-12,15-16H2,(H,31,34)(H,32,35). The molecule has 1 saturated heterocycles. The number of amides is 2. The average Bonchev–Trinajstić information content (AvgIpc) is 3.31. The molecule has 3 heterocycles. The second-order valence-electron chi connectivity index (χ2n) is 8.62. The van der Waals surface area contributed by atoms with Crippen LogP contribution in [0.1, 0.15) is 11.3 Å². The molecule has 0 bridgehead atoms. The molecule has 1 aliphatic rings. The summed E-state index contributed by atoms with van der Waals surface area (Å²) in [5.41, 5.74) is 0.901. The van der Waals surface area contributed by atoms with Crippen LogP contribution in [0.4, 0.5) is 20.2 Å². The van der Waals surface area contributed by atoms with Crippen molar-refractivity contribution in [1.82, 2.24) is 9.88 Å². The third-order valence-corrected chi connectivity index (χ3v) is 6.94. The van der Waals surface area contributed by atoms with Crippen molar-refractivity contribution in [1.29, 1.82) is 0 Å². The zero-order valence-electron chi connectivity index (χ0n) is 20.2. The molecule has 1 aliphatic heterocycles. The number of nitrogens with zero attached hydrogens (tertiary/aromatic N) is 2. The summed E-state index contributed by atoms with van der Waals surface area (Å²) in [5.74, 6) is -2.20. The van der Waals surface area contributed by atoms with E-state index < -0.39 is 29.9 Å². The van der Waals surface area contributed by atoms with Gasteiger partial charge in [0.25, 0.3) is 0 Å². The second kappa shape index (κ2) is 11.6. The van der Waals surface area contributed by atoms with E-state index in [2.05, 4.69) is 20.5 Å². The number of benzene rings is 2. The molecular weight excluding hydrogens is 514 g/mol. The number of hydrogen-bond donors (Lipinski definition) is 2. The van der Waals surface area contributed by atoms with Crippen LogP contribution in [0.3, 0.4) is 0 Å². The first-order valence-electron chi connectivity index (χ1n) is 11.9. The number of aromatic nitrogens is 1. The van der Waals surface area contributed by atoms with Crippen molar-refractivity contribution >= 4 is 44.7 Å². The molecule has 0 unspecified atom stereocenters. The van der Waals surface area contributed by atoms with Crippen LogP contribution in [-0.4, -0.2) is 48.0 Å². The van der Waals surface area contributed by atoms with Crippen molar-refractivity contribution in [2.45, 2.75) is 13.0 Å². The van der Waals surface area contributed by atoms with Crippen LogP contribution in [0.2, 0.25) is 0 Å². The first-order chi connectivity index (χ1) is 18.4. The number of hydrogen-bond acceptors (Lipinski definition) is 7. The molecule has 1 fully saturated rings. The Kier molecular flexibility index (Phi) is 7.87. The highest BCUT2D eigenvalue weighted by Crippen LogP contribution is 2.36. The molecule has 2 amide bonds. The number of rotatable bonds is 8. The monoisotopic (exact) mass is 538 g/mol. The number of fused-ring (bicyclic) bond motifs is 1. The van der Waals surface area contributed by atoms with Crippen molar-refractivity contribution in [3.63, 3.8) is 0 Å². The van der Waals surface area contributed by atoms with Gasteiger partial charge in [-0.3, -0.25) is 19.5 Å². The van der Waals surface area contributed by atoms with Crippen LogP contribution in [0.15, 0.2) is 60.8 Å². The van der Waals surface area contributed by atoms with Gasteiger partial charge in [0, 0.05) is 48.5 Å². The van der Waals surface area contributed by atoms with Gasteiger partial charge in [0.1, 0.15) is 18.0 Å². The molecule has 2 N–H and O–H groups in total. The number of para-hydroxylation sites is 1. The molecule has 11 heteroatoms. The summed E-state index contributed by atoms with van der Waals surface area (Å²) in [6.45, 7) is 3.96. The first kappa shape index (κ1) is 25.7. The highest BCUT2D eigenvalue weighted by molar-refractivity contribution is 7.19. The minimum atomic E-state index is -0.696. The van der Waals surface area contributed by atoms with E-state index in [1.807, 2.05) is 6.07 Å². The number of morpholine rings is 1. The van der Waals surface area contributed by atoms with Gasteiger partial charge < -0.3 is 20.1 Å². The Morgan fingerprint density at radius 1 is 0.974 bits per heavy atom. The Morgan fingerprint density at radius 3 is 2.55 bits per heavy atom. The normalized spacial score (nSPS) is 13.8. The third-order valence-electron chi connectivity index (χ3n) is 5.81. The lowest BCUT2D eigenvalue weighted by Crippen LogP contribution is -2.35. The minimum Gasteiger partial charge on any atom is -0.453 e. The number of thiophene rings is 1. The summed E-state index contributed by atoms with van der Waals surface area (Å²) in [4.78, 5) is 32.2. The first-order valence-corrected chi connectivity index (χ1v) is 12.8. The third kappa shape index (κ3) is 6.31. The summed E-state index contributed by atoms with van der Waals surface area (Å²) in [7, 11) is 0. The number of carbonyl (C=O) groups excluding carboxylic acids is 2. The second-order valence-corrected chi connectivity index (χ2v) is 9.76. The fraction of sp³-hybridized carbons (Fsp3) is 0.222. The van der Waals surface area contributed by atoms with E-state index in [0.717, 1.165) is 40.8 Å². The number of carbonyl (C=O) groups is 2. The van der Waals surface area contributed by atoms with Gasteiger partial charge in [-0.1, -0.05) is 12.1 Å². The SMILES string of the molecule is O=C(CC(=O)Nc1ccccc1F)Nc1ccc(Oc2ccnc3cc(CN4CCOCC4)sc23)c(F)c1. The van der Waals surface area contributed by atoms with Crippen LogP contribution >= 0.6 is 11.3 Å². The molecule has 196 valence electrons. The lowest BCUT2D eigenvalue weighted by molar-refractivity contribution is -0.123. The highest BCUT2D eigenvalue weighted by Gasteiger charge is 2.17. The summed E-state index contributed by atoms with van der Waals surface area (Å²) in [6.07, 6.45) is 1.05. The Hall–Kier alpha value is -3.93. The molecule has 0 aliphatic carbocycles. The Bertz CT molecular complexity index is 1470.